The van der Waals surface area contributed by atoms with Gasteiger partial charge in [0.25, 0.3) is 5.56 Å². The van der Waals surface area contributed by atoms with E-state index >= 15 is 0 Å². The highest BCUT2D eigenvalue weighted by atomic mass is 16.6. The molecule has 2 heterocycles. The second kappa shape index (κ2) is 8.05. The van der Waals surface area contributed by atoms with Gasteiger partial charge in [-0.3, -0.25) is 19.1 Å². The molecule has 0 spiro atoms. The number of aliphatic hydroxyl groups is 1. The summed E-state index contributed by atoms with van der Waals surface area (Å²) in [5, 5.41) is 9.79. The molecule has 0 aliphatic carbocycles. The molecule has 11 nitrogen and oxygen atoms in total. The van der Waals surface area contributed by atoms with Gasteiger partial charge in [0, 0.05) is 0 Å². The van der Waals surface area contributed by atoms with E-state index in [1.54, 1.807) is 13.8 Å². The van der Waals surface area contributed by atoms with Gasteiger partial charge in [0.05, 0.1) is 12.9 Å². The van der Waals surface area contributed by atoms with Crippen LogP contribution in [0.4, 0.5) is 5.95 Å². The van der Waals surface area contributed by atoms with Crippen LogP contribution in [0, 0.1) is 5.92 Å². The first-order chi connectivity index (χ1) is 11.8. The molecule has 0 bridgehead atoms. The Bertz CT molecular complexity index is 786. The van der Waals surface area contributed by atoms with Gasteiger partial charge in [0.1, 0.15) is 25.5 Å². The smallest absolute Gasteiger partial charge is 0.323 e. The number of hydrogen-bond donors (Lipinski definition) is 4. The number of fused-ring (bicyclic) bond motifs is 1. The van der Waals surface area contributed by atoms with Crippen LogP contribution in [0.5, 0.6) is 0 Å². The molecule has 0 saturated carbocycles. The Labute approximate surface area is 142 Å². The van der Waals surface area contributed by atoms with Crippen LogP contribution in [-0.2, 0) is 21.0 Å². The van der Waals surface area contributed by atoms with Crippen LogP contribution in [0.25, 0.3) is 11.2 Å². The zero-order valence-corrected chi connectivity index (χ0v) is 14.0. The molecule has 0 aliphatic heterocycles. The fourth-order valence-corrected chi connectivity index (χ4v) is 1.95. The summed E-state index contributed by atoms with van der Waals surface area (Å²) in [6.07, 6.45) is 0.361. The van der Waals surface area contributed by atoms with Crippen molar-refractivity contribution >= 4 is 23.1 Å². The van der Waals surface area contributed by atoms with Gasteiger partial charge in [0.15, 0.2) is 11.2 Å². The molecule has 0 fully saturated rings. The van der Waals surface area contributed by atoms with Crippen molar-refractivity contribution in [3.63, 3.8) is 0 Å². The quantitative estimate of drug-likeness (QED) is 0.414. The SMILES string of the molecule is CC(C)C(N)C(=O)OC[C@H](O)COCn1cnc2c(=O)[nH]c(N)nc21. The Morgan fingerprint density at radius 3 is 2.84 bits per heavy atom. The molecule has 2 atom stereocenters. The van der Waals surface area contributed by atoms with Crippen molar-refractivity contribution in [1.29, 1.82) is 0 Å². The minimum atomic E-state index is -1.01. The Kier molecular flexibility index (Phi) is 6.07. The van der Waals surface area contributed by atoms with Crippen LogP contribution in [0.1, 0.15) is 13.8 Å². The third kappa shape index (κ3) is 4.75. The molecular weight excluding hydrogens is 332 g/mol. The van der Waals surface area contributed by atoms with Gasteiger partial charge in [0.2, 0.25) is 5.95 Å². The number of ether oxygens (including phenoxy) is 2. The summed E-state index contributed by atoms with van der Waals surface area (Å²) in [7, 11) is 0. The molecule has 11 heteroatoms. The molecule has 0 aromatic carbocycles. The van der Waals surface area contributed by atoms with E-state index < -0.39 is 23.7 Å². The molecule has 0 amide bonds. The lowest BCUT2D eigenvalue weighted by Gasteiger charge is -2.16. The van der Waals surface area contributed by atoms with Gasteiger partial charge in [-0.1, -0.05) is 13.8 Å². The van der Waals surface area contributed by atoms with E-state index in [0.29, 0.717) is 0 Å². The molecule has 2 aromatic heterocycles. The Morgan fingerprint density at radius 2 is 2.16 bits per heavy atom. The molecule has 0 aliphatic rings. The molecule has 6 N–H and O–H groups in total. The molecule has 0 saturated heterocycles. The van der Waals surface area contributed by atoms with Crippen molar-refractivity contribution in [1.82, 2.24) is 19.5 Å². The van der Waals surface area contributed by atoms with Gasteiger partial charge in [-0.05, 0) is 5.92 Å². The number of aromatic nitrogens is 4. The summed E-state index contributed by atoms with van der Waals surface area (Å²) < 4.78 is 11.7. The number of aromatic amines is 1. The van der Waals surface area contributed by atoms with Crippen LogP contribution in [-0.4, -0.2) is 56.0 Å². The van der Waals surface area contributed by atoms with Crippen molar-refractivity contribution in [2.24, 2.45) is 11.7 Å². The minimum absolute atomic E-state index is 0.0110. The number of nitrogens with zero attached hydrogens (tertiary/aromatic N) is 3. The number of esters is 1. The van der Waals surface area contributed by atoms with Crippen molar-refractivity contribution < 1.29 is 19.4 Å². The zero-order chi connectivity index (χ0) is 18.6. The van der Waals surface area contributed by atoms with Gasteiger partial charge in [-0.15, -0.1) is 0 Å². The van der Waals surface area contributed by atoms with Gasteiger partial charge < -0.3 is 26.0 Å². The average Bonchev–Trinajstić information content (AvgIpc) is 2.95. The number of carbonyl (C=O) groups excluding carboxylic acids is 1. The van der Waals surface area contributed by atoms with Crippen molar-refractivity contribution in [2.75, 3.05) is 18.9 Å². The molecule has 138 valence electrons. The number of nitrogen functional groups attached to an aromatic ring is 1. The number of aliphatic hydroxyl groups excluding tert-OH is 1. The van der Waals surface area contributed by atoms with Crippen molar-refractivity contribution in [3.8, 4) is 0 Å². The third-order valence-corrected chi connectivity index (χ3v) is 3.44. The maximum absolute atomic E-state index is 11.7. The number of H-pyrrole nitrogens is 1. The predicted octanol–water partition coefficient (Wildman–Crippen LogP) is -1.44. The number of carbonyl (C=O) groups is 1. The fraction of sp³-hybridized carbons (Fsp3) is 0.571. The summed E-state index contributed by atoms with van der Waals surface area (Å²) in [5.41, 5.74) is 11.1. The molecule has 2 aromatic rings. The normalized spacial score (nSPS) is 14.0. The van der Waals surface area contributed by atoms with E-state index in [9.17, 15) is 14.7 Å². The van der Waals surface area contributed by atoms with E-state index in [0.717, 1.165) is 0 Å². The second-order valence-corrected chi connectivity index (χ2v) is 5.89. The summed E-state index contributed by atoms with van der Waals surface area (Å²) >= 11 is 0. The number of rotatable bonds is 8. The lowest BCUT2D eigenvalue weighted by Crippen LogP contribution is -2.38. The fourth-order valence-electron chi connectivity index (χ4n) is 1.95. The predicted molar refractivity (Wildman–Crippen MR) is 88.3 cm³/mol. The van der Waals surface area contributed by atoms with E-state index in [-0.39, 0.29) is 43.0 Å². The Morgan fingerprint density at radius 1 is 1.44 bits per heavy atom. The molecule has 0 radical (unpaired) electrons. The molecule has 25 heavy (non-hydrogen) atoms. The first-order valence-electron chi connectivity index (χ1n) is 7.68. The van der Waals surface area contributed by atoms with Crippen LogP contribution < -0.4 is 17.0 Å². The van der Waals surface area contributed by atoms with Crippen LogP contribution in [0.15, 0.2) is 11.1 Å². The number of hydrogen-bond acceptors (Lipinski definition) is 9. The van der Waals surface area contributed by atoms with Crippen LogP contribution in [0.3, 0.4) is 0 Å². The monoisotopic (exact) mass is 354 g/mol. The maximum Gasteiger partial charge on any atom is 0.323 e. The standard InChI is InChI=1S/C14H22N6O5/c1-7(2)9(15)13(23)25-4-8(21)3-24-6-20-5-17-10-11(20)18-14(16)19-12(10)22/h5,7-9,21H,3-4,6,15H2,1-2H3,(H3,16,18,19,22)/t8-,9?/m1/s1. The van der Waals surface area contributed by atoms with E-state index in [1.165, 1.54) is 10.9 Å². The summed E-state index contributed by atoms with van der Waals surface area (Å²) in [5.74, 6) is -0.667. The van der Waals surface area contributed by atoms with E-state index in [1.807, 2.05) is 0 Å². The largest absolute Gasteiger partial charge is 0.462 e. The summed E-state index contributed by atoms with van der Waals surface area (Å²) in [6.45, 7) is 3.26. The van der Waals surface area contributed by atoms with Gasteiger partial charge in [-0.2, -0.15) is 4.98 Å². The average molecular weight is 354 g/mol. The third-order valence-electron chi connectivity index (χ3n) is 3.44. The van der Waals surface area contributed by atoms with Gasteiger partial charge in [-0.25, -0.2) is 4.98 Å². The van der Waals surface area contributed by atoms with Crippen LogP contribution in [0.2, 0.25) is 0 Å². The van der Waals surface area contributed by atoms with Crippen LogP contribution >= 0.6 is 0 Å². The number of imidazole rings is 1. The molecular formula is C14H22N6O5. The maximum atomic E-state index is 11.7. The lowest BCUT2D eigenvalue weighted by molar-refractivity contribution is -0.150. The second-order valence-electron chi connectivity index (χ2n) is 5.89. The Balaban J connectivity index is 1.83. The zero-order valence-electron chi connectivity index (χ0n) is 14.0. The number of nitrogens with two attached hydrogens (primary N) is 2. The first-order valence-corrected chi connectivity index (χ1v) is 7.68. The molecule has 2 rings (SSSR count). The molecule has 1 unspecified atom stereocenters. The number of nitrogens with one attached hydrogen (secondary N) is 1. The highest BCUT2D eigenvalue weighted by molar-refractivity contribution is 5.75. The lowest BCUT2D eigenvalue weighted by atomic mass is 10.1. The minimum Gasteiger partial charge on any atom is -0.462 e. The van der Waals surface area contributed by atoms with E-state index in [4.69, 9.17) is 20.9 Å². The van der Waals surface area contributed by atoms with E-state index in [2.05, 4.69) is 15.0 Å². The Hall–Kier alpha value is -2.50. The first kappa shape index (κ1) is 18.8. The number of anilines is 1. The van der Waals surface area contributed by atoms with Crippen molar-refractivity contribution in [2.45, 2.75) is 32.7 Å². The van der Waals surface area contributed by atoms with Crippen molar-refractivity contribution in [3.05, 3.63) is 16.7 Å². The topological polar surface area (TPSA) is 171 Å². The summed E-state index contributed by atoms with van der Waals surface area (Å²) in [6, 6.07) is -0.736. The summed E-state index contributed by atoms with van der Waals surface area (Å²) in [4.78, 5) is 33.5. The highest BCUT2D eigenvalue weighted by Gasteiger charge is 2.20. The highest BCUT2D eigenvalue weighted by Crippen LogP contribution is 2.07. The van der Waals surface area contributed by atoms with Gasteiger partial charge >= 0.3 is 5.97 Å².